The molecule has 1 fully saturated rings. The third-order valence-corrected chi connectivity index (χ3v) is 1.33. The van der Waals surface area contributed by atoms with E-state index in [9.17, 15) is 0 Å². The van der Waals surface area contributed by atoms with E-state index in [1.54, 1.807) is 0 Å². The standard InChI is InChI=1S/C6H12O.C2H4/c1-2-4-6-7-5-3-1;1-2/h1-6H2;1-2H2. The van der Waals surface area contributed by atoms with Crippen LogP contribution in [0.5, 0.6) is 0 Å². The van der Waals surface area contributed by atoms with Gasteiger partial charge >= 0.3 is 0 Å². The third-order valence-electron chi connectivity index (χ3n) is 1.33. The van der Waals surface area contributed by atoms with E-state index in [-0.39, 0.29) is 0 Å². The second kappa shape index (κ2) is 7.70. The van der Waals surface area contributed by atoms with Crippen LogP contribution in [0.15, 0.2) is 13.2 Å². The van der Waals surface area contributed by atoms with Gasteiger partial charge in [-0.15, -0.1) is 13.2 Å². The topological polar surface area (TPSA) is 9.23 Å². The predicted molar refractivity (Wildman–Crippen MR) is 40.5 cm³/mol. The Balaban J connectivity index is 0.000000291. The molecule has 0 bridgehead atoms. The first-order valence-electron chi connectivity index (χ1n) is 3.58. The predicted octanol–water partition coefficient (Wildman–Crippen LogP) is 2.38. The summed E-state index contributed by atoms with van der Waals surface area (Å²) in [5.74, 6) is 0. The first-order valence-corrected chi connectivity index (χ1v) is 3.58. The fourth-order valence-corrected chi connectivity index (χ4v) is 0.864. The maximum atomic E-state index is 5.19. The van der Waals surface area contributed by atoms with Crippen LogP contribution in [0.25, 0.3) is 0 Å². The van der Waals surface area contributed by atoms with E-state index >= 15 is 0 Å². The van der Waals surface area contributed by atoms with Crippen LogP contribution in [0.4, 0.5) is 0 Å². The van der Waals surface area contributed by atoms with Gasteiger partial charge in [0, 0.05) is 13.2 Å². The van der Waals surface area contributed by atoms with Crippen molar-refractivity contribution < 1.29 is 4.74 Å². The van der Waals surface area contributed by atoms with Crippen molar-refractivity contribution in [1.29, 1.82) is 0 Å². The van der Waals surface area contributed by atoms with Crippen molar-refractivity contribution in [2.75, 3.05) is 13.2 Å². The largest absolute Gasteiger partial charge is 0.381 e. The third kappa shape index (κ3) is 5.57. The molecule has 0 saturated carbocycles. The number of ether oxygens (including phenoxy) is 1. The monoisotopic (exact) mass is 128 g/mol. The molecule has 1 aliphatic heterocycles. The van der Waals surface area contributed by atoms with Crippen LogP contribution < -0.4 is 0 Å². The van der Waals surface area contributed by atoms with Gasteiger partial charge < -0.3 is 4.74 Å². The second-order valence-electron chi connectivity index (χ2n) is 2.03. The lowest BCUT2D eigenvalue weighted by Gasteiger charge is -1.91. The van der Waals surface area contributed by atoms with Gasteiger partial charge in [-0.2, -0.15) is 0 Å². The maximum Gasteiger partial charge on any atom is 0.0466 e. The van der Waals surface area contributed by atoms with Gasteiger partial charge in [-0.3, -0.25) is 0 Å². The highest BCUT2D eigenvalue weighted by molar-refractivity contribution is 4.46. The van der Waals surface area contributed by atoms with Crippen molar-refractivity contribution in [2.45, 2.75) is 25.7 Å². The molecular weight excluding hydrogens is 112 g/mol. The van der Waals surface area contributed by atoms with Crippen LogP contribution in [-0.2, 0) is 4.74 Å². The molecule has 0 aromatic heterocycles. The highest BCUT2D eigenvalue weighted by atomic mass is 16.5. The Kier molecular flexibility index (Phi) is 7.44. The van der Waals surface area contributed by atoms with Crippen molar-refractivity contribution in [3.8, 4) is 0 Å². The van der Waals surface area contributed by atoms with E-state index in [4.69, 9.17) is 4.74 Å². The average Bonchev–Trinajstić information content (AvgIpc) is 2.21. The minimum absolute atomic E-state index is 1.00. The first kappa shape index (κ1) is 8.70. The zero-order valence-electron chi connectivity index (χ0n) is 6.07. The van der Waals surface area contributed by atoms with E-state index in [0.29, 0.717) is 0 Å². The normalized spacial score (nSPS) is 19.1. The molecule has 0 aromatic carbocycles. The molecule has 1 aliphatic rings. The van der Waals surface area contributed by atoms with Crippen LogP contribution in [0, 0.1) is 0 Å². The van der Waals surface area contributed by atoms with Gasteiger partial charge in [-0.1, -0.05) is 12.8 Å². The molecule has 54 valence electrons. The Hall–Kier alpha value is -0.300. The summed E-state index contributed by atoms with van der Waals surface area (Å²) < 4.78 is 5.19. The minimum Gasteiger partial charge on any atom is -0.381 e. The Morgan fingerprint density at radius 1 is 0.778 bits per heavy atom. The van der Waals surface area contributed by atoms with Crippen LogP contribution in [0.2, 0.25) is 0 Å². The Labute approximate surface area is 57.7 Å². The van der Waals surface area contributed by atoms with E-state index in [2.05, 4.69) is 13.2 Å². The molecule has 0 unspecified atom stereocenters. The quantitative estimate of drug-likeness (QED) is 0.455. The molecule has 1 heterocycles. The van der Waals surface area contributed by atoms with Gasteiger partial charge in [0.05, 0.1) is 0 Å². The SMILES string of the molecule is C1CCCOCC1.C=C. The lowest BCUT2D eigenvalue weighted by molar-refractivity contribution is 0.144. The summed E-state index contributed by atoms with van der Waals surface area (Å²) in [5, 5.41) is 0. The minimum atomic E-state index is 1.00. The lowest BCUT2D eigenvalue weighted by Crippen LogP contribution is -1.89. The number of hydrogen-bond acceptors (Lipinski definition) is 1. The smallest absolute Gasteiger partial charge is 0.0466 e. The van der Waals surface area contributed by atoms with Crippen molar-refractivity contribution in [3.05, 3.63) is 13.2 Å². The summed E-state index contributed by atoms with van der Waals surface area (Å²) >= 11 is 0. The zero-order chi connectivity index (χ0) is 6.95. The Bertz CT molecular complexity index is 32.9. The van der Waals surface area contributed by atoms with Crippen LogP contribution in [-0.4, -0.2) is 13.2 Å². The molecule has 1 rings (SSSR count). The molecule has 0 N–H and O–H groups in total. The van der Waals surface area contributed by atoms with Crippen molar-refractivity contribution in [2.24, 2.45) is 0 Å². The molecule has 0 spiro atoms. The fourth-order valence-electron chi connectivity index (χ4n) is 0.864. The number of rotatable bonds is 0. The van der Waals surface area contributed by atoms with Crippen LogP contribution in [0.3, 0.4) is 0 Å². The lowest BCUT2D eigenvalue weighted by atomic mass is 10.2. The Morgan fingerprint density at radius 2 is 1.22 bits per heavy atom. The van der Waals surface area contributed by atoms with Gasteiger partial charge in [0.15, 0.2) is 0 Å². The van der Waals surface area contributed by atoms with E-state index < -0.39 is 0 Å². The number of hydrogen-bond donors (Lipinski definition) is 0. The average molecular weight is 128 g/mol. The Morgan fingerprint density at radius 3 is 1.67 bits per heavy atom. The first-order chi connectivity index (χ1) is 4.50. The summed E-state index contributed by atoms with van der Waals surface area (Å²) in [6.45, 7) is 8.00. The zero-order valence-corrected chi connectivity index (χ0v) is 6.07. The van der Waals surface area contributed by atoms with Gasteiger partial charge in [-0.25, -0.2) is 0 Å². The molecular formula is C8H16O. The van der Waals surface area contributed by atoms with Gasteiger partial charge in [-0.05, 0) is 12.8 Å². The van der Waals surface area contributed by atoms with Gasteiger partial charge in [0.2, 0.25) is 0 Å². The van der Waals surface area contributed by atoms with Crippen LogP contribution in [0.1, 0.15) is 25.7 Å². The van der Waals surface area contributed by atoms with Gasteiger partial charge in [0.1, 0.15) is 0 Å². The molecule has 1 heteroatoms. The van der Waals surface area contributed by atoms with Crippen molar-refractivity contribution in [1.82, 2.24) is 0 Å². The molecule has 1 saturated heterocycles. The summed E-state index contributed by atoms with van der Waals surface area (Å²) in [6.07, 6.45) is 5.31. The van der Waals surface area contributed by atoms with Gasteiger partial charge in [0.25, 0.3) is 0 Å². The molecule has 0 radical (unpaired) electrons. The molecule has 0 aliphatic carbocycles. The maximum absolute atomic E-state index is 5.19. The highest BCUT2D eigenvalue weighted by Gasteiger charge is 1.95. The fraction of sp³-hybridized carbons (Fsp3) is 0.750. The van der Waals surface area contributed by atoms with Crippen molar-refractivity contribution >= 4 is 0 Å². The van der Waals surface area contributed by atoms with E-state index in [1.165, 1.54) is 25.7 Å². The summed E-state index contributed by atoms with van der Waals surface area (Å²) in [4.78, 5) is 0. The summed E-state index contributed by atoms with van der Waals surface area (Å²) in [7, 11) is 0. The molecule has 0 aromatic rings. The van der Waals surface area contributed by atoms with Crippen molar-refractivity contribution in [3.63, 3.8) is 0 Å². The second-order valence-corrected chi connectivity index (χ2v) is 2.03. The molecule has 9 heavy (non-hydrogen) atoms. The highest BCUT2D eigenvalue weighted by Crippen LogP contribution is 2.04. The summed E-state index contributed by atoms with van der Waals surface area (Å²) in [6, 6.07) is 0. The summed E-state index contributed by atoms with van der Waals surface area (Å²) in [5.41, 5.74) is 0. The molecule has 1 nitrogen and oxygen atoms in total. The van der Waals surface area contributed by atoms with E-state index in [1.807, 2.05) is 0 Å². The van der Waals surface area contributed by atoms with E-state index in [0.717, 1.165) is 13.2 Å². The van der Waals surface area contributed by atoms with Crippen LogP contribution >= 0.6 is 0 Å². The molecule has 0 atom stereocenters. The molecule has 0 amide bonds.